The van der Waals surface area contributed by atoms with Crippen molar-refractivity contribution >= 4 is 27.0 Å². The fraction of sp³-hybridized carbons (Fsp3) is 0.381. The van der Waals surface area contributed by atoms with E-state index in [9.17, 15) is 4.79 Å². The third-order valence-corrected chi connectivity index (χ3v) is 6.12. The van der Waals surface area contributed by atoms with E-state index < -0.39 is 0 Å². The van der Waals surface area contributed by atoms with Gasteiger partial charge in [-0.1, -0.05) is 28.1 Å². The van der Waals surface area contributed by atoms with Crippen molar-refractivity contribution in [2.45, 2.75) is 25.0 Å². The summed E-state index contributed by atoms with van der Waals surface area (Å²) in [6, 6.07) is 14.0. The number of imidazole rings is 1. The summed E-state index contributed by atoms with van der Waals surface area (Å²) in [5, 5.41) is 0. The standard InChI is InChI=1S/C21H22BrN3O3/c22-14-5-6-18-17(11-14)23-21(26)25(18)15-7-9-24(10-8-15)12-16-13-27-19-3-1-2-4-20(19)28-16/h1-6,11,15-16H,7-10,12-13H2,(H,23,26). The molecule has 7 heteroatoms. The van der Waals surface area contributed by atoms with Crippen LogP contribution in [-0.4, -0.2) is 46.8 Å². The molecule has 2 aliphatic heterocycles. The summed E-state index contributed by atoms with van der Waals surface area (Å²) in [6.45, 7) is 3.31. The lowest BCUT2D eigenvalue weighted by molar-refractivity contribution is 0.0485. The smallest absolute Gasteiger partial charge is 0.326 e. The number of fused-ring (bicyclic) bond motifs is 2. The van der Waals surface area contributed by atoms with Gasteiger partial charge in [-0.25, -0.2) is 4.79 Å². The number of para-hydroxylation sites is 2. The second kappa shape index (κ2) is 7.29. The Morgan fingerprint density at radius 1 is 1.11 bits per heavy atom. The number of likely N-dealkylation sites (tertiary alicyclic amines) is 1. The van der Waals surface area contributed by atoms with Crippen LogP contribution in [0.5, 0.6) is 11.5 Å². The van der Waals surface area contributed by atoms with Crippen LogP contribution in [0.25, 0.3) is 11.0 Å². The Kier molecular flexibility index (Phi) is 4.64. The van der Waals surface area contributed by atoms with Crippen LogP contribution in [-0.2, 0) is 0 Å². The molecular weight excluding hydrogens is 422 g/mol. The molecule has 0 aliphatic carbocycles. The van der Waals surface area contributed by atoms with Crippen LogP contribution in [0.2, 0.25) is 0 Å². The molecule has 6 nitrogen and oxygen atoms in total. The lowest BCUT2D eigenvalue weighted by Gasteiger charge is -2.36. The summed E-state index contributed by atoms with van der Waals surface area (Å²) in [5.41, 5.74) is 1.84. The second-order valence-corrected chi connectivity index (χ2v) is 8.41. The summed E-state index contributed by atoms with van der Waals surface area (Å²) in [7, 11) is 0. The predicted octanol–water partition coefficient (Wildman–Crippen LogP) is 3.57. The van der Waals surface area contributed by atoms with Gasteiger partial charge in [-0.3, -0.25) is 9.47 Å². The minimum absolute atomic E-state index is 0.0211. The zero-order valence-electron chi connectivity index (χ0n) is 15.4. The summed E-state index contributed by atoms with van der Waals surface area (Å²) < 4.78 is 14.8. The van der Waals surface area contributed by atoms with Crippen LogP contribution in [0.1, 0.15) is 18.9 Å². The predicted molar refractivity (Wildman–Crippen MR) is 111 cm³/mol. The topological polar surface area (TPSA) is 59.5 Å². The van der Waals surface area contributed by atoms with Gasteiger partial charge in [-0.15, -0.1) is 0 Å². The minimum atomic E-state index is -0.0211. The Balaban J connectivity index is 1.24. The quantitative estimate of drug-likeness (QED) is 0.671. The van der Waals surface area contributed by atoms with Gasteiger partial charge in [0.1, 0.15) is 12.7 Å². The first-order valence-corrected chi connectivity index (χ1v) is 10.5. The van der Waals surface area contributed by atoms with Crippen molar-refractivity contribution in [1.82, 2.24) is 14.5 Å². The Morgan fingerprint density at radius 3 is 2.71 bits per heavy atom. The van der Waals surface area contributed by atoms with E-state index in [1.165, 1.54) is 0 Å². The third-order valence-electron chi connectivity index (χ3n) is 5.63. The van der Waals surface area contributed by atoms with Gasteiger partial charge in [-0.2, -0.15) is 0 Å². The Labute approximate surface area is 171 Å². The summed E-state index contributed by atoms with van der Waals surface area (Å²) in [5.74, 6) is 1.65. The Bertz CT molecular complexity index is 1050. The van der Waals surface area contributed by atoms with Gasteiger partial charge in [0.25, 0.3) is 0 Å². The molecule has 1 fully saturated rings. The Morgan fingerprint density at radius 2 is 1.89 bits per heavy atom. The number of rotatable bonds is 3. The molecular formula is C21H22BrN3O3. The number of hydrogen-bond donors (Lipinski definition) is 1. The van der Waals surface area contributed by atoms with Crippen LogP contribution in [0.4, 0.5) is 0 Å². The number of nitrogens with zero attached hydrogens (tertiary/aromatic N) is 2. The monoisotopic (exact) mass is 443 g/mol. The van der Waals surface area contributed by atoms with Crippen LogP contribution < -0.4 is 15.2 Å². The molecule has 0 spiro atoms. The first-order valence-electron chi connectivity index (χ1n) is 9.68. The van der Waals surface area contributed by atoms with E-state index in [4.69, 9.17) is 9.47 Å². The first kappa shape index (κ1) is 17.8. The SMILES string of the molecule is O=c1[nH]c2cc(Br)ccc2n1C1CCN(CC2COc3ccccc3O2)CC1. The maximum atomic E-state index is 12.5. The highest BCUT2D eigenvalue weighted by Gasteiger charge is 2.27. The van der Waals surface area contributed by atoms with Crippen molar-refractivity contribution in [2.75, 3.05) is 26.2 Å². The maximum Gasteiger partial charge on any atom is 0.326 e. The van der Waals surface area contributed by atoms with Crippen molar-refractivity contribution in [1.29, 1.82) is 0 Å². The van der Waals surface area contributed by atoms with E-state index >= 15 is 0 Å². The number of benzene rings is 2. The fourth-order valence-electron chi connectivity index (χ4n) is 4.27. The number of aromatic nitrogens is 2. The molecule has 146 valence electrons. The maximum absolute atomic E-state index is 12.5. The first-order chi connectivity index (χ1) is 13.7. The molecule has 0 bridgehead atoms. The lowest BCUT2D eigenvalue weighted by Crippen LogP contribution is -2.45. The molecule has 1 N–H and O–H groups in total. The molecule has 1 aromatic heterocycles. The van der Waals surface area contributed by atoms with Crippen molar-refractivity contribution in [3.05, 3.63) is 57.4 Å². The summed E-state index contributed by atoms with van der Waals surface area (Å²) >= 11 is 3.47. The average molecular weight is 444 g/mol. The van der Waals surface area contributed by atoms with E-state index in [0.29, 0.717) is 6.61 Å². The zero-order valence-corrected chi connectivity index (χ0v) is 17.0. The van der Waals surface area contributed by atoms with Gasteiger partial charge >= 0.3 is 5.69 Å². The molecule has 0 saturated carbocycles. The van der Waals surface area contributed by atoms with E-state index in [0.717, 1.165) is 59.5 Å². The number of aromatic amines is 1. The van der Waals surface area contributed by atoms with Gasteiger partial charge in [0.05, 0.1) is 11.0 Å². The molecule has 3 aromatic rings. The van der Waals surface area contributed by atoms with Crippen LogP contribution in [0.15, 0.2) is 51.7 Å². The number of ether oxygens (including phenoxy) is 2. The second-order valence-electron chi connectivity index (χ2n) is 7.49. The molecule has 1 unspecified atom stereocenters. The average Bonchev–Trinajstić information content (AvgIpc) is 3.03. The van der Waals surface area contributed by atoms with Crippen molar-refractivity contribution in [3.8, 4) is 11.5 Å². The number of nitrogens with one attached hydrogen (secondary N) is 1. The van der Waals surface area contributed by atoms with E-state index in [1.54, 1.807) is 0 Å². The number of hydrogen-bond acceptors (Lipinski definition) is 4. The zero-order chi connectivity index (χ0) is 19.1. The van der Waals surface area contributed by atoms with Gasteiger partial charge in [0.2, 0.25) is 0 Å². The summed E-state index contributed by atoms with van der Waals surface area (Å²) in [6.07, 6.45) is 1.94. The highest BCUT2D eigenvalue weighted by Crippen LogP contribution is 2.32. The van der Waals surface area contributed by atoms with Gasteiger partial charge in [0.15, 0.2) is 11.5 Å². The Hall–Kier alpha value is -2.25. The largest absolute Gasteiger partial charge is 0.486 e. The fourth-order valence-corrected chi connectivity index (χ4v) is 4.63. The van der Waals surface area contributed by atoms with Gasteiger partial charge in [-0.05, 0) is 43.2 Å². The van der Waals surface area contributed by atoms with Crippen molar-refractivity contribution < 1.29 is 9.47 Å². The number of H-pyrrole nitrogens is 1. The highest BCUT2D eigenvalue weighted by atomic mass is 79.9. The molecule has 5 rings (SSSR count). The number of piperidine rings is 1. The number of halogens is 1. The van der Waals surface area contributed by atoms with E-state index in [2.05, 4.69) is 25.8 Å². The molecule has 3 heterocycles. The van der Waals surface area contributed by atoms with Crippen molar-refractivity contribution in [3.63, 3.8) is 0 Å². The molecule has 0 amide bonds. The minimum Gasteiger partial charge on any atom is -0.486 e. The lowest BCUT2D eigenvalue weighted by atomic mass is 10.0. The van der Waals surface area contributed by atoms with Crippen LogP contribution in [0.3, 0.4) is 0 Å². The van der Waals surface area contributed by atoms with Crippen LogP contribution >= 0.6 is 15.9 Å². The summed E-state index contributed by atoms with van der Waals surface area (Å²) in [4.78, 5) is 17.9. The van der Waals surface area contributed by atoms with Crippen molar-refractivity contribution in [2.24, 2.45) is 0 Å². The normalized spacial score (nSPS) is 20.5. The molecule has 1 saturated heterocycles. The van der Waals surface area contributed by atoms with Gasteiger partial charge < -0.3 is 14.5 Å². The molecule has 28 heavy (non-hydrogen) atoms. The third kappa shape index (κ3) is 3.33. The molecule has 2 aromatic carbocycles. The molecule has 1 atom stereocenters. The molecule has 0 radical (unpaired) electrons. The molecule has 2 aliphatic rings. The van der Waals surface area contributed by atoms with E-state index in [1.807, 2.05) is 47.0 Å². The van der Waals surface area contributed by atoms with E-state index in [-0.39, 0.29) is 17.8 Å². The highest BCUT2D eigenvalue weighted by molar-refractivity contribution is 9.10. The van der Waals surface area contributed by atoms with Crippen LogP contribution in [0, 0.1) is 0 Å². The van der Waals surface area contributed by atoms with Gasteiger partial charge in [0, 0.05) is 30.1 Å².